The van der Waals surface area contributed by atoms with Crippen LogP contribution in [0, 0.1) is 6.92 Å². The van der Waals surface area contributed by atoms with E-state index in [9.17, 15) is 0 Å². The lowest BCUT2D eigenvalue weighted by Crippen LogP contribution is -2.20. The zero-order valence-electron chi connectivity index (χ0n) is 12.7. The van der Waals surface area contributed by atoms with E-state index < -0.39 is 0 Å². The fraction of sp³-hybridized carbons (Fsp3) is 0.333. The molecule has 0 amide bonds. The van der Waals surface area contributed by atoms with Gasteiger partial charge in [-0.3, -0.25) is 0 Å². The van der Waals surface area contributed by atoms with Crippen LogP contribution < -0.4 is 10.2 Å². The molecular formula is C18H21BO. The van der Waals surface area contributed by atoms with Crippen molar-refractivity contribution in [1.82, 2.24) is 0 Å². The molecule has 2 heteroatoms. The van der Waals surface area contributed by atoms with Crippen molar-refractivity contribution in [3.63, 3.8) is 0 Å². The first-order valence-corrected chi connectivity index (χ1v) is 6.95. The molecule has 0 bridgehead atoms. The van der Waals surface area contributed by atoms with Gasteiger partial charge < -0.3 is 4.74 Å². The van der Waals surface area contributed by atoms with Crippen LogP contribution in [0.2, 0.25) is 0 Å². The summed E-state index contributed by atoms with van der Waals surface area (Å²) in [5.41, 5.74) is 4.19. The second kappa shape index (κ2) is 5.74. The summed E-state index contributed by atoms with van der Waals surface area (Å²) in [6, 6.07) is 14.3. The van der Waals surface area contributed by atoms with Gasteiger partial charge in [0.2, 0.25) is 0 Å². The van der Waals surface area contributed by atoms with Gasteiger partial charge in [0.15, 0.2) is 0 Å². The Morgan fingerprint density at radius 3 is 2.30 bits per heavy atom. The van der Waals surface area contributed by atoms with Gasteiger partial charge in [-0.05, 0) is 23.5 Å². The highest BCUT2D eigenvalue weighted by Crippen LogP contribution is 2.31. The topological polar surface area (TPSA) is 9.23 Å². The van der Waals surface area contributed by atoms with Gasteiger partial charge in [-0.15, -0.1) is 0 Å². The largest absolute Gasteiger partial charge is 0.489 e. The van der Waals surface area contributed by atoms with Crippen molar-refractivity contribution in [2.75, 3.05) is 0 Å². The molecule has 0 spiro atoms. The van der Waals surface area contributed by atoms with Crippen molar-refractivity contribution in [3.8, 4) is 5.75 Å². The lowest BCUT2D eigenvalue weighted by molar-refractivity contribution is 0.300. The van der Waals surface area contributed by atoms with Crippen LogP contribution in [0.1, 0.15) is 37.5 Å². The van der Waals surface area contributed by atoms with Crippen molar-refractivity contribution in [1.29, 1.82) is 0 Å². The molecule has 0 aromatic heterocycles. The maximum Gasteiger partial charge on any atom is 0.119 e. The number of benzene rings is 2. The molecule has 2 aromatic rings. The third-order valence-corrected chi connectivity index (χ3v) is 3.30. The molecule has 102 valence electrons. The first kappa shape index (κ1) is 14.7. The molecular weight excluding hydrogens is 243 g/mol. The number of aryl methyl sites for hydroxylation is 1. The molecule has 2 radical (unpaired) electrons. The van der Waals surface area contributed by atoms with Crippen molar-refractivity contribution in [3.05, 3.63) is 59.2 Å². The Morgan fingerprint density at radius 2 is 1.70 bits per heavy atom. The van der Waals surface area contributed by atoms with Crippen molar-refractivity contribution in [2.24, 2.45) is 0 Å². The number of hydrogen-bond donors (Lipinski definition) is 0. The van der Waals surface area contributed by atoms with Gasteiger partial charge in [0.05, 0.1) is 0 Å². The van der Waals surface area contributed by atoms with Crippen LogP contribution in [0.3, 0.4) is 0 Å². The minimum Gasteiger partial charge on any atom is -0.489 e. The van der Waals surface area contributed by atoms with Crippen LogP contribution in [0.25, 0.3) is 0 Å². The Balaban J connectivity index is 2.31. The fourth-order valence-electron chi connectivity index (χ4n) is 2.25. The van der Waals surface area contributed by atoms with Crippen molar-refractivity contribution in [2.45, 2.75) is 39.7 Å². The van der Waals surface area contributed by atoms with Gasteiger partial charge >= 0.3 is 0 Å². The van der Waals surface area contributed by atoms with E-state index in [1.807, 2.05) is 24.3 Å². The smallest absolute Gasteiger partial charge is 0.119 e. The average molecular weight is 264 g/mol. The quantitative estimate of drug-likeness (QED) is 0.769. The fourth-order valence-corrected chi connectivity index (χ4v) is 2.25. The summed E-state index contributed by atoms with van der Waals surface area (Å²) < 4.78 is 6.01. The van der Waals surface area contributed by atoms with E-state index in [2.05, 4.69) is 45.9 Å². The number of rotatable bonds is 3. The van der Waals surface area contributed by atoms with Gasteiger partial charge in [-0.2, -0.15) is 0 Å². The highest BCUT2D eigenvalue weighted by molar-refractivity contribution is 6.34. The molecule has 2 rings (SSSR count). The molecule has 0 aliphatic heterocycles. The Morgan fingerprint density at radius 1 is 1.05 bits per heavy atom. The number of ether oxygens (including phenoxy) is 1. The normalized spacial score (nSPS) is 11.4. The molecule has 0 saturated heterocycles. The van der Waals surface area contributed by atoms with E-state index in [-0.39, 0.29) is 5.41 Å². The van der Waals surface area contributed by atoms with Gasteiger partial charge in [-0.25, -0.2) is 0 Å². The average Bonchev–Trinajstić information content (AvgIpc) is 2.37. The summed E-state index contributed by atoms with van der Waals surface area (Å²) in [6.07, 6.45) is 0. The minimum atomic E-state index is 0.00611. The van der Waals surface area contributed by atoms with Crippen molar-refractivity contribution >= 4 is 13.3 Å². The molecule has 0 unspecified atom stereocenters. The maximum absolute atomic E-state index is 6.16. The molecule has 0 aliphatic rings. The molecule has 0 atom stereocenters. The predicted octanol–water partition coefficient (Wildman–Crippen LogP) is 3.67. The predicted molar refractivity (Wildman–Crippen MR) is 86.0 cm³/mol. The molecule has 0 N–H and O–H groups in total. The Hall–Kier alpha value is -1.70. The first-order chi connectivity index (χ1) is 9.38. The second-order valence-corrected chi connectivity index (χ2v) is 6.26. The Bertz CT molecular complexity index is 582. The van der Waals surface area contributed by atoms with E-state index in [1.54, 1.807) is 0 Å². The number of hydrogen-bond acceptors (Lipinski definition) is 1. The molecule has 0 fully saturated rings. The standard InChI is InChI=1S/C18H21BO/c1-13-10-15(18(2,3)4)17(16(19)11-13)20-12-14-8-6-5-7-9-14/h5-11H,12H2,1-4H3. The van der Waals surface area contributed by atoms with Gasteiger partial charge in [-0.1, -0.05) is 74.3 Å². The second-order valence-electron chi connectivity index (χ2n) is 6.26. The minimum absolute atomic E-state index is 0.00611. The summed E-state index contributed by atoms with van der Waals surface area (Å²) in [5.74, 6) is 0.812. The summed E-state index contributed by atoms with van der Waals surface area (Å²) in [5, 5.41) is 0. The SMILES string of the molecule is [B]c1cc(C)cc(C(C)(C)C)c1OCc1ccccc1. The van der Waals surface area contributed by atoms with E-state index in [0.717, 1.165) is 16.9 Å². The van der Waals surface area contributed by atoms with E-state index in [1.165, 1.54) is 5.56 Å². The molecule has 20 heavy (non-hydrogen) atoms. The third-order valence-electron chi connectivity index (χ3n) is 3.30. The van der Waals surface area contributed by atoms with Crippen LogP contribution in [0.4, 0.5) is 0 Å². The lowest BCUT2D eigenvalue weighted by atomic mass is 9.80. The highest BCUT2D eigenvalue weighted by atomic mass is 16.5. The van der Waals surface area contributed by atoms with E-state index >= 15 is 0 Å². The van der Waals surface area contributed by atoms with Gasteiger partial charge in [0.25, 0.3) is 0 Å². The van der Waals surface area contributed by atoms with Crippen LogP contribution in [-0.4, -0.2) is 7.85 Å². The molecule has 2 aromatic carbocycles. The Kier molecular flexibility index (Phi) is 4.22. The summed E-state index contributed by atoms with van der Waals surface area (Å²) >= 11 is 0. The van der Waals surface area contributed by atoms with Crippen LogP contribution >= 0.6 is 0 Å². The zero-order valence-corrected chi connectivity index (χ0v) is 12.7. The van der Waals surface area contributed by atoms with E-state index in [0.29, 0.717) is 12.1 Å². The van der Waals surface area contributed by atoms with Gasteiger partial charge in [0, 0.05) is 0 Å². The third kappa shape index (κ3) is 3.44. The molecule has 0 aliphatic carbocycles. The lowest BCUT2D eigenvalue weighted by Gasteiger charge is -2.25. The van der Waals surface area contributed by atoms with Crippen LogP contribution in [-0.2, 0) is 12.0 Å². The summed E-state index contributed by atoms with van der Waals surface area (Å²) in [7, 11) is 6.16. The van der Waals surface area contributed by atoms with Crippen LogP contribution in [0.5, 0.6) is 5.75 Å². The maximum atomic E-state index is 6.16. The highest BCUT2D eigenvalue weighted by Gasteiger charge is 2.20. The monoisotopic (exact) mass is 264 g/mol. The van der Waals surface area contributed by atoms with Gasteiger partial charge in [0.1, 0.15) is 20.2 Å². The van der Waals surface area contributed by atoms with E-state index in [4.69, 9.17) is 12.6 Å². The Labute approximate surface area is 123 Å². The van der Waals surface area contributed by atoms with Crippen LogP contribution in [0.15, 0.2) is 42.5 Å². The zero-order chi connectivity index (χ0) is 14.8. The summed E-state index contributed by atoms with van der Waals surface area (Å²) in [6.45, 7) is 9.13. The van der Waals surface area contributed by atoms with Crippen molar-refractivity contribution < 1.29 is 4.74 Å². The summed E-state index contributed by atoms with van der Waals surface area (Å²) in [4.78, 5) is 0. The molecule has 1 nitrogen and oxygen atoms in total. The molecule has 0 heterocycles. The first-order valence-electron chi connectivity index (χ1n) is 6.95. The molecule has 0 saturated carbocycles.